The van der Waals surface area contributed by atoms with E-state index in [0.717, 1.165) is 0 Å². The summed E-state index contributed by atoms with van der Waals surface area (Å²) in [7, 11) is 0. The maximum absolute atomic E-state index is 6.86. The van der Waals surface area contributed by atoms with Crippen LogP contribution in [0.25, 0.3) is 0 Å². The molecule has 68 valence electrons. The number of nitrogens with two attached hydrogens (primary N) is 1. The molecule has 0 unspecified atom stereocenters. The summed E-state index contributed by atoms with van der Waals surface area (Å²) in [6.07, 6.45) is 1.52. The fourth-order valence-electron chi connectivity index (χ4n) is 0.873. The third-order valence-corrected chi connectivity index (χ3v) is 1.46. The fraction of sp³-hybridized carbons (Fsp3) is 0.143. The Labute approximate surface area is 74.9 Å². The van der Waals surface area contributed by atoms with Crippen LogP contribution in [0.1, 0.15) is 5.56 Å². The smallest absolute Gasteiger partial charge is 0.151 e. The summed E-state index contributed by atoms with van der Waals surface area (Å²) in [6, 6.07) is 1.66. The summed E-state index contributed by atoms with van der Waals surface area (Å²) in [4.78, 5) is 8.49. The Morgan fingerprint density at radius 3 is 3.08 bits per heavy atom. The minimum Gasteiger partial charge on any atom is -0.391 e. The summed E-state index contributed by atoms with van der Waals surface area (Å²) in [6.45, 7) is 3.35. The average molecular weight is 179 g/mol. The number of nitrogen functional groups attached to an aromatic ring is 1. The highest BCUT2D eigenvalue weighted by Gasteiger charge is 2.06. The van der Waals surface area contributed by atoms with Crippen molar-refractivity contribution in [1.82, 2.24) is 4.98 Å². The number of anilines is 1. The maximum Gasteiger partial charge on any atom is 0.151 e. The van der Waals surface area contributed by atoms with Crippen LogP contribution >= 0.6 is 0 Å². The molecule has 0 aliphatic rings. The minimum atomic E-state index is 0.188. The molecule has 0 aliphatic carbocycles. The molecule has 6 heteroatoms. The van der Waals surface area contributed by atoms with Gasteiger partial charge in [0.25, 0.3) is 0 Å². The van der Waals surface area contributed by atoms with E-state index in [1.54, 1.807) is 6.07 Å². The second-order valence-corrected chi connectivity index (χ2v) is 2.22. The number of nitrogens with one attached hydrogen (secondary N) is 1. The lowest BCUT2D eigenvalue weighted by molar-refractivity contribution is 0.133. The van der Waals surface area contributed by atoms with Gasteiger partial charge in [-0.3, -0.25) is 0 Å². The van der Waals surface area contributed by atoms with Crippen LogP contribution < -0.4 is 5.73 Å². The van der Waals surface area contributed by atoms with Crippen molar-refractivity contribution in [1.29, 1.82) is 5.53 Å². The normalized spacial score (nSPS) is 9.23. The molecule has 0 aromatic carbocycles. The van der Waals surface area contributed by atoms with E-state index in [2.05, 4.69) is 22.0 Å². The van der Waals surface area contributed by atoms with E-state index in [0.29, 0.717) is 11.3 Å². The van der Waals surface area contributed by atoms with E-state index in [4.69, 9.17) is 16.1 Å². The van der Waals surface area contributed by atoms with E-state index in [9.17, 15) is 0 Å². The monoisotopic (exact) mass is 179 g/mol. The van der Waals surface area contributed by atoms with Gasteiger partial charge in [0.1, 0.15) is 12.3 Å². The zero-order valence-corrected chi connectivity index (χ0v) is 6.90. The van der Waals surface area contributed by atoms with Crippen LogP contribution in [0.3, 0.4) is 0 Å². The van der Waals surface area contributed by atoms with E-state index in [1.807, 2.05) is 0 Å². The SMILES string of the molecule is C=NOCc1ccnc(N)c1N=N. The number of rotatable bonds is 4. The van der Waals surface area contributed by atoms with Crippen LogP contribution in [-0.2, 0) is 11.4 Å². The minimum absolute atomic E-state index is 0.188. The number of nitrogens with zero attached hydrogens (tertiary/aromatic N) is 3. The summed E-state index contributed by atoms with van der Waals surface area (Å²) in [5.74, 6) is 0.208. The van der Waals surface area contributed by atoms with Crippen LogP contribution in [0, 0.1) is 5.53 Å². The summed E-state index contributed by atoms with van der Waals surface area (Å²) < 4.78 is 0. The van der Waals surface area contributed by atoms with Crippen molar-refractivity contribution in [3.63, 3.8) is 0 Å². The number of pyridine rings is 1. The zero-order valence-electron chi connectivity index (χ0n) is 6.90. The molecule has 1 heterocycles. The van der Waals surface area contributed by atoms with Crippen LogP contribution in [0.2, 0.25) is 0 Å². The van der Waals surface area contributed by atoms with E-state index in [-0.39, 0.29) is 12.4 Å². The van der Waals surface area contributed by atoms with Crippen molar-refractivity contribution in [2.75, 3.05) is 5.73 Å². The zero-order chi connectivity index (χ0) is 9.68. The highest BCUT2D eigenvalue weighted by atomic mass is 16.6. The first-order valence-electron chi connectivity index (χ1n) is 3.48. The first kappa shape index (κ1) is 9.11. The van der Waals surface area contributed by atoms with E-state index >= 15 is 0 Å². The second kappa shape index (κ2) is 4.15. The molecule has 3 N–H and O–H groups in total. The molecule has 0 radical (unpaired) electrons. The lowest BCUT2D eigenvalue weighted by Crippen LogP contribution is -1.95. The van der Waals surface area contributed by atoms with Gasteiger partial charge < -0.3 is 10.6 Å². The van der Waals surface area contributed by atoms with E-state index < -0.39 is 0 Å². The lowest BCUT2D eigenvalue weighted by atomic mass is 10.2. The van der Waals surface area contributed by atoms with Crippen molar-refractivity contribution in [3.05, 3.63) is 17.8 Å². The Hall–Kier alpha value is -1.98. The first-order chi connectivity index (χ1) is 6.29. The number of hydrogen-bond acceptors (Lipinski definition) is 6. The van der Waals surface area contributed by atoms with Gasteiger partial charge in [-0.1, -0.05) is 0 Å². The largest absolute Gasteiger partial charge is 0.391 e. The molecule has 0 aliphatic heterocycles. The molecule has 1 rings (SSSR count). The summed E-state index contributed by atoms with van der Waals surface area (Å²) in [5, 5.41) is 6.47. The van der Waals surface area contributed by atoms with Gasteiger partial charge in [-0.05, 0) is 6.07 Å². The van der Waals surface area contributed by atoms with Gasteiger partial charge >= 0.3 is 0 Å². The third-order valence-electron chi connectivity index (χ3n) is 1.46. The molecular formula is C7H9N5O. The predicted molar refractivity (Wildman–Crippen MR) is 47.8 cm³/mol. The van der Waals surface area contributed by atoms with Gasteiger partial charge in [0.15, 0.2) is 5.82 Å². The number of oxime groups is 1. The maximum atomic E-state index is 6.86. The lowest BCUT2D eigenvalue weighted by Gasteiger charge is -2.03. The molecule has 1 aromatic heterocycles. The molecule has 0 spiro atoms. The van der Waals surface area contributed by atoms with Crippen LogP contribution in [0.15, 0.2) is 22.5 Å². The molecule has 0 bridgehead atoms. The third kappa shape index (κ3) is 1.98. The van der Waals surface area contributed by atoms with Gasteiger partial charge in [-0.2, -0.15) is 5.11 Å². The molecule has 0 amide bonds. The Balaban J connectivity index is 2.97. The topological polar surface area (TPSA) is 96.7 Å². The summed E-state index contributed by atoms with van der Waals surface area (Å²) in [5.41, 5.74) is 13.3. The Morgan fingerprint density at radius 2 is 2.46 bits per heavy atom. The molecule has 13 heavy (non-hydrogen) atoms. The van der Waals surface area contributed by atoms with Gasteiger partial charge in [0.05, 0.1) is 0 Å². The molecule has 1 aromatic rings. The van der Waals surface area contributed by atoms with Crippen LogP contribution in [0.5, 0.6) is 0 Å². The van der Waals surface area contributed by atoms with Crippen LogP contribution in [-0.4, -0.2) is 11.7 Å². The molecule has 0 atom stereocenters. The fourth-order valence-corrected chi connectivity index (χ4v) is 0.873. The van der Waals surface area contributed by atoms with Gasteiger partial charge in [0.2, 0.25) is 0 Å². The van der Waals surface area contributed by atoms with Crippen LogP contribution in [0.4, 0.5) is 11.5 Å². The Morgan fingerprint density at radius 1 is 1.69 bits per heavy atom. The van der Waals surface area contributed by atoms with Gasteiger partial charge in [-0.25, -0.2) is 10.5 Å². The number of aromatic nitrogens is 1. The van der Waals surface area contributed by atoms with Crippen molar-refractivity contribution < 1.29 is 4.84 Å². The molecule has 0 saturated carbocycles. The first-order valence-corrected chi connectivity index (χ1v) is 3.48. The van der Waals surface area contributed by atoms with Crippen molar-refractivity contribution in [2.24, 2.45) is 10.3 Å². The van der Waals surface area contributed by atoms with Crippen molar-refractivity contribution in [3.8, 4) is 0 Å². The Kier molecular flexibility index (Phi) is 2.91. The predicted octanol–water partition coefficient (Wildman–Crippen LogP) is 1.46. The highest BCUT2D eigenvalue weighted by Crippen LogP contribution is 2.24. The molecule has 0 fully saturated rings. The number of hydrogen-bond donors (Lipinski definition) is 2. The average Bonchev–Trinajstić information content (AvgIpc) is 2.15. The summed E-state index contributed by atoms with van der Waals surface area (Å²) >= 11 is 0. The van der Waals surface area contributed by atoms with Gasteiger partial charge in [-0.15, -0.1) is 5.16 Å². The molecule has 0 saturated heterocycles. The van der Waals surface area contributed by atoms with Crippen molar-refractivity contribution >= 4 is 18.2 Å². The van der Waals surface area contributed by atoms with E-state index in [1.165, 1.54) is 6.20 Å². The standard InChI is InChI=1S/C7H9N5O/c1-10-13-4-5-2-3-11-7(8)6(5)12-9/h2-3,9H,1,4H2,(H2,8,11). The molecule has 6 nitrogen and oxygen atoms in total. The second-order valence-electron chi connectivity index (χ2n) is 2.22. The highest BCUT2D eigenvalue weighted by molar-refractivity contribution is 5.61. The van der Waals surface area contributed by atoms with Gasteiger partial charge in [0, 0.05) is 18.5 Å². The molecular weight excluding hydrogens is 170 g/mol. The van der Waals surface area contributed by atoms with Crippen molar-refractivity contribution in [2.45, 2.75) is 6.61 Å². The quantitative estimate of drug-likeness (QED) is 0.416. The Bertz CT molecular complexity index is 325.